The van der Waals surface area contributed by atoms with Crippen molar-refractivity contribution >= 4 is 17.2 Å². The first-order valence-corrected chi connectivity index (χ1v) is 10.3. The summed E-state index contributed by atoms with van der Waals surface area (Å²) in [6.07, 6.45) is -2.43. The average molecular weight is 437 g/mol. The molecule has 0 saturated carbocycles. The lowest BCUT2D eigenvalue weighted by Gasteiger charge is -2.32. The summed E-state index contributed by atoms with van der Waals surface area (Å²) in [5.41, 5.74) is 1.23. The second kappa shape index (κ2) is 8.47. The number of ether oxygens (including phenoxy) is 1. The van der Waals surface area contributed by atoms with Crippen molar-refractivity contribution in [2.75, 3.05) is 13.1 Å². The Morgan fingerprint density at radius 3 is 2.77 bits per heavy atom. The third-order valence-electron chi connectivity index (χ3n) is 4.85. The number of piperidine rings is 1. The van der Waals surface area contributed by atoms with E-state index in [9.17, 15) is 18.0 Å². The SMILES string of the molecule is O=C(c1ccc(OC(F)(F)F)cc1)N1CCCC(Cc2nc(-c3ccsc3)no2)C1. The molecule has 1 saturated heterocycles. The summed E-state index contributed by atoms with van der Waals surface area (Å²) in [5.74, 6) is 0.683. The fraction of sp³-hybridized carbons (Fsp3) is 0.350. The third kappa shape index (κ3) is 4.99. The summed E-state index contributed by atoms with van der Waals surface area (Å²) in [4.78, 5) is 18.9. The fourth-order valence-corrected chi connectivity index (χ4v) is 4.13. The molecule has 0 N–H and O–H groups in total. The summed E-state index contributed by atoms with van der Waals surface area (Å²) < 4.78 is 46.0. The molecule has 158 valence electrons. The number of carbonyl (C=O) groups is 1. The predicted octanol–water partition coefficient (Wildman–Crippen LogP) is 4.79. The van der Waals surface area contributed by atoms with Crippen LogP contribution in [0.4, 0.5) is 13.2 Å². The van der Waals surface area contributed by atoms with Gasteiger partial charge in [-0.05, 0) is 54.5 Å². The highest BCUT2D eigenvalue weighted by Crippen LogP contribution is 2.26. The van der Waals surface area contributed by atoms with E-state index in [0.717, 1.165) is 30.5 Å². The van der Waals surface area contributed by atoms with E-state index in [0.29, 0.717) is 36.8 Å². The largest absolute Gasteiger partial charge is 0.573 e. The minimum absolute atomic E-state index is 0.173. The van der Waals surface area contributed by atoms with Gasteiger partial charge >= 0.3 is 6.36 Å². The van der Waals surface area contributed by atoms with Gasteiger partial charge in [0.25, 0.3) is 5.91 Å². The van der Waals surface area contributed by atoms with Gasteiger partial charge in [-0.25, -0.2) is 0 Å². The highest BCUT2D eigenvalue weighted by molar-refractivity contribution is 7.08. The van der Waals surface area contributed by atoms with Crippen LogP contribution in [0.5, 0.6) is 5.75 Å². The van der Waals surface area contributed by atoms with Gasteiger partial charge in [0, 0.05) is 36.0 Å². The van der Waals surface area contributed by atoms with Crippen molar-refractivity contribution in [2.24, 2.45) is 5.92 Å². The summed E-state index contributed by atoms with van der Waals surface area (Å²) >= 11 is 1.55. The summed E-state index contributed by atoms with van der Waals surface area (Å²) in [6.45, 7) is 1.12. The van der Waals surface area contributed by atoms with Gasteiger partial charge in [0.1, 0.15) is 5.75 Å². The third-order valence-corrected chi connectivity index (χ3v) is 5.54. The van der Waals surface area contributed by atoms with E-state index >= 15 is 0 Å². The molecule has 1 amide bonds. The van der Waals surface area contributed by atoms with Crippen LogP contribution in [-0.4, -0.2) is 40.4 Å². The lowest BCUT2D eigenvalue weighted by atomic mass is 9.94. The van der Waals surface area contributed by atoms with E-state index in [2.05, 4.69) is 14.9 Å². The van der Waals surface area contributed by atoms with Crippen LogP contribution in [0, 0.1) is 5.92 Å². The van der Waals surface area contributed by atoms with Crippen LogP contribution in [0.15, 0.2) is 45.6 Å². The first kappa shape index (κ1) is 20.4. The van der Waals surface area contributed by atoms with Crippen molar-refractivity contribution in [1.29, 1.82) is 0 Å². The van der Waals surface area contributed by atoms with Crippen molar-refractivity contribution in [1.82, 2.24) is 15.0 Å². The summed E-state index contributed by atoms with van der Waals surface area (Å²) in [6, 6.07) is 6.90. The number of alkyl halides is 3. The number of aromatic nitrogens is 2. The molecule has 0 bridgehead atoms. The highest BCUT2D eigenvalue weighted by Gasteiger charge is 2.31. The van der Waals surface area contributed by atoms with Crippen molar-refractivity contribution in [3.63, 3.8) is 0 Å². The Morgan fingerprint density at radius 1 is 1.27 bits per heavy atom. The van der Waals surface area contributed by atoms with Gasteiger partial charge < -0.3 is 14.2 Å². The van der Waals surface area contributed by atoms with Crippen LogP contribution < -0.4 is 4.74 Å². The number of rotatable bonds is 5. The molecule has 1 atom stereocenters. The molecule has 1 fully saturated rings. The fourth-order valence-electron chi connectivity index (χ4n) is 3.49. The lowest BCUT2D eigenvalue weighted by molar-refractivity contribution is -0.274. The Labute approximate surface area is 174 Å². The summed E-state index contributed by atoms with van der Waals surface area (Å²) in [7, 11) is 0. The Bertz CT molecular complexity index is 987. The van der Waals surface area contributed by atoms with E-state index in [-0.39, 0.29) is 17.6 Å². The molecular formula is C20H18F3N3O3S. The quantitative estimate of drug-likeness (QED) is 0.574. The molecular weight excluding hydrogens is 419 g/mol. The maximum absolute atomic E-state index is 12.8. The molecule has 2 aromatic heterocycles. The second-order valence-corrected chi connectivity index (χ2v) is 7.84. The number of carbonyl (C=O) groups excluding carboxylic acids is 1. The van der Waals surface area contributed by atoms with Crippen LogP contribution in [-0.2, 0) is 6.42 Å². The van der Waals surface area contributed by atoms with Gasteiger partial charge in [0.05, 0.1) is 0 Å². The zero-order valence-corrected chi connectivity index (χ0v) is 16.6. The van der Waals surface area contributed by atoms with Crippen molar-refractivity contribution < 1.29 is 27.2 Å². The summed E-state index contributed by atoms with van der Waals surface area (Å²) in [5, 5.41) is 7.89. The molecule has 0 radical (unpaired) electrons. The zero-order chi connectivity index (χ0) is 21.1. The minimum Gasteiger partial charge on any atom is -0.406 e. The lowest BCUT2D eigenvalue weighted by Crippen LogP contribution is -2.40. The average Bonchev–Trinajstić information content (AvgIpc) is 3.39. The van der Waals surface area contributed by atoms with Gasteiger partial charge in [-0.1, -0.05) is 5.16 Å². The Kier molecular flexibility index (Phi) is 5.76. The van der Waals surface area contributed by atoms with Crippen LogP contribution >= 0.6 is 11.3 Å². The number of nitrogens with zero attached hydrogens (tertiary/aromatic N) is 3. The van der Waals surface area contributed by atoms with E-state index in [1.165, 1.54) is 12.1 Å². The van der Waals surface area contributed by atoms with Crippen LogP contribution in [0.2, 0.25) is 0 Å². The molecule has 1 aliphatic heterocycles. The van der Waals surface area contributed by atoms with Crippen molar-refractivity contribution in [3.8, 4) is 17.1 Å². The Hall–Kier alpha value is -2.88. The Morgan fingerprint density at radius 2 is 2.07 bits per heavy atom. The highest BCUT2D eigenvalue weighted by atomic mass is 32.1. The standard InChI is InChI=1S/C20H18F3N3O3S/c21-20(22,23)28-16-5-3-14(4-6-16)19(27)26-8-1-2-13(11-26)10-17-24-18(25-29-17)15-7-9-30-12-15/h3-7,9,12-13H,1-2,8,10-11H2. The molecule has 1 aromatic carbocycles. The second-order valence-electron chi connectivity index (χ2n) is 7.06. The molecule has 1 aliphatic rings. The number of thiophene rings is 1. The maximum atomic E-state index is 12.8. The minimum atomic E-state index is -4.76. The van der Waals surface area contributed by atoms with E-state index in [4.69, 9.17) is 4.52 Å². The van der Waals surface area contributed by atoms with Gasteiger partial charge in [-0.15, -0.1) is 13.2 Å². The zero-order valence-electron chi connectivity index (χ0n) is 15.8. The van der Waals surface area contributed by atoms with Crippen LogP contribution in [0.3, 0.4) is 0 Å². The van der Waals surface area contributed by atoms with Gasteiger partial charge in [-0.2, -0.15) is 16.3 Å². The number of likely N-dealkylation sites (tertiary alicyclic amines) is 1. The smallest absolute Gasteiger partial charge is 0.406 e. The molecule has 10 heteroatoms. The van der Waals surface area contributed by atoms with Gasteiger partial charge in [0.2, 0.25) is 11.7 Å². The van der Waals surface area contributed by atoms with E-state index in [1.54, 1.807) is 16.2 Å². The maximum Gasteiger partial charge on any atom is 0.573 e. The van der Waals surface area contributed by atoms with Crippen molar-refractivity contribution in [2.45, 2.75) is 25.6 Å². The molecule has 0 spiro atoms. The van der Waals surface area contributed by atoms with Crippen molar-refractivity contribution in [3.05, 3.63) is 52.5 Å². The monoisotopic (exact) mass is 437 g/mol. The molecule has 0 aliphatic carbocycles. The molecule has 3 heterocycles. The molecule has 1 unspecified atom stereocenters. The molecule has 4 rings (SSSR count). The van der Waals surface area contributed by atoms with Crippen LogP contribution in [0.1, 0.15) is 29.1 Å². The first-order chi connectivity index (χ1) is 14.4. The molecule has 30 heavy (non-hydrogen) atoms. The number of benzene rings is 1. The predicted molar refractivity (Wildman–Crippen MR) is 103 cm³/mol. The normalized spacial score (nSPS) is 17.2. The van der Waals surface area contributed by atoms with E-state index in [1.807, 2.05) is 16.8 Å². The topological polar surface area (TPSA) is 68.5 Å². The first-order valence-electron chi connectivity index (χ1n) is 9.37. The Balaban J connectivity index is 1.37. The number of hydrogen-bond donors (Lipinski definition) is 0. The van der Waals surface area contributed by atoms with Crippen LogP contribution in [0.25, 0.3) is 11.4 Å². The number of hydrogen-bond acceptors (Lipinski definition) is 6. The molecule has 6 nitrogen and oxygen atoms in total. The van der Waals surface area contributed by atoms with Gasteiger partial charge in [-0.3, -0.25) is 4.79 Å². The van der Waals surface area contributed by atoms with Gasteiger partial charge in [0.15, 0.2) is 0 Å². The number of halogens is 3. The van der Waals surface area contributed by atoms with E-state index < -0.39 is 6.36 Å². The molecule has 3 aromatic rings. The number of amides is 1.